The molecule has 0 heterocycles. The molecule has 1 fully saturated rings. The second kappa shape index (κ2) is 9.93. The SMILES string of the molecule is CC(C)(C(=O)N[C@H](C(=O)N[C@H](CCC(=O)O)C(=O)O)C1CCC1)c1ccc(Cl)cc1. The first kappa shape index (κ1) is 23.7. The molecule has 0 saturated heterocycles. The highest BCUT2D eigenvalue weighted by atomic mass is 35.5. The molecule has 2 amide bonds. The van der Waals surface area contributed by atoms with Gasteiger partial charge in [-0.2, -0.15) is 0 Å². The van der Waals surface area contributed by atoms with E-state index in [0.29, 0.717) is 5.02 Å². The monoisotopic (exact) mass is 438 g/mol. The summed E-state index contributed by atoms with van der Waals surface area (Å²) >= 11 is 5.92. The largest absolute Gasteiger partial charge is 0.481 e. The molecule has 1 aliphatic rings. The number of carboxylic acids is 2. The van der Waals surface area contributed by atoms with Crippen LogP contribution in [0.2, 0.25) is 5.02 Å². The van der Waals surface area contributed by atoms with E-state index in [2.05, 4.69) is 10.6 Å². The maximum Gasteiger partial charge on any atom is 0.326 e. The zero-order chi connectivity index (χ0) is 22.5. The van der Waals surface area contributed by atoms with Crippen LogP contribution in [-0.4, -0.2) is 46.0 Å². The Labute approximate surface area is 180 Å². The highest BCUT2D eigenvalue weighted by Gasteiger charge is 2.39. The highest BCUT2D eigenvalue weighted by molar-refractivity contribution is 6.30. The van der Waals surface area contributed by atoms with E-state index in [1.54, 1.807) is 38.1 Å². The Bertz CT molecular complexity index is 804. The van der Waals surface area contributed by atoms with Gasteiger partial charge in [-0.25, -0.2) is 4.79 Å². The first-order valence-electron chi connectivity index (χ1n) is 9.84. The van der Waals surface area contributed by atoms with Crippen LogP contribution in [0.25, 0.3) is 0 Å². The van der Waals surface area contributed by atoms with E-state index in [9.17, 15) is 24.3 Å². The van der Waals surface area contributed by atoms with Crippen LogP contribution in [-0.2, 0) is 24.6 Å². The fourth-order valence-electron chi connectivity index (χ4n) is 3.28. The number of halogens is 1. The summed E-state index contributed by atoms with van der Waals surface area (Å²) in [5.41, 5.74) is -0.218. The summed E-state index contributed by atoms with van der Waals surface area (Å²) in [6.45, 7) is 3.46. The average molecular weight is 439 g/mol. The molecule has 1 aromatic rings. The fourth-order valence-corrected chi connectivity index (χ4v) is 3.40. The standard InChI is InChI=1S/C21H27ClN2O6/c1-21(2,13-6-8-14(22)9-7-13)20(30)24-17(12-4-3-5-12)18(27)23-15(19(28)29)10-11-16(25)26/h6-9,12,15,17H,3-5,10-11H2,1-2H3,(H,23,27)(H,24,30)(H,25,26)(H,28,29)/t15-,17+/m1/s1. The van der Waals surface area contributed by atoms with Crippen molar-refractivity contribution in [3.05, 3.63) is 34.9 Å². The summed E-state index contributed by atoms with van der Waals surface area (Å²) in [5, 5.41) is 23.8. The molecule has 0 bridgehead atoms. The molecular formula is C21H27ClN2O6. The fraction of sp³-hybridized carbons (Fsp3) is 0.524. The second-order valence-corrected chi connectivity index (χ2v) is 8.54. The number of hydrogen-bond acceptors (Lipinski definition) is 4. The van der Waals surface area contributed by atoms with Gasteiger partial charge < -0.3 is 20.8 Å². The Morgan fingerprint density at radius 2 is 1.70 bits per heavy atom. The minimum absolute atomic E-state index is 0.0936. The molecule has 0 radical (unpaired) electrons. The van der Waals surface area contributed by atoms with Gasteiger partial charge in [-0.05, 0) is 56.7 Å². The Hall–Kier alpha value is -2.61. The van der Waals surface area contributed by atoms with Crippen molar-refractivity contribution in [2.75, 3.05) is 0 Å². The summed E-state index contributed by atoms with van der Waals surface area (Å²) in [6.07, 6.45) is 1.78. The molecule has 8 nitrogen and oxygen atoms in total. The van der Waals surface area contributed by atoms with Crippen molar-refractivity contribution in [1.82, 2.24) is 10.6 Å². The van der Waals surface area contributed by atoms with Crippen molar-refractivity contribution in [1.29, 1.82) is 0 Å². The van der Waals surface area contributed by atoms with Crippen LogP contribution < -0.4 is 10.6 Å². The lowest BCUT2D eigenvalue weighted by Crippen LogP contribution is -2.58. The minimum atomic E-state index is -1.34. The van der Waals surface area contributed by atoms with Crippen LogP contribution in [0, 0.1) is 5.92 Å². The van der Waals surface area contributed by atoms with Gasteiger partial charge in [0.25, 0.3) is 0 Å². The average Bonchev–Trinajstić information content (AvgIpc) is 2.62. The number of carboxylic acid groups (broad SMARTS) is 2. The minimum Gasteiger partial charge on any atom is -0.481 e. The molecule has 1 saturated carbocycles. The second-order valence-electron chi connectivity index (χ2n) is 8.11. The van der Waals surface area contributed by atoms with Crippen LogP contribution in [0.15, 0.2) is 24.3 Å². The van der Waals surface area contributed by atoms with E-state index in [-0.39, 0.29) is 24.7 Å². The lowest BCUT2D eigenvalue weighted by Gasteiger charge is -2.36. The van der Waals surface area contributed by atoms with E-state index < -0.39 is 35.3 Å². The van der Waals surface area contributed by atoms with Gasteiger partial charge >= 0.3 is 11.9 Å². The van der Waals surface area contributed by atoms with Crippen LogP contribution in [0.3, 0.4) is 0 Å². The van der Waals surface area contributed by atoms with E-state index in [1.807, 2.05) is 0 Å². The van der Waals surface area contributed by atoms with Gasteiger partial charge in [-0.15, -0.1) is 0 Å². The number of amides is 2. The zero-order valence-corrected chi connectivity index (χ0v) is 17.7. The van der Waals surface area contributed by atoms with Gasteiger partial charge in [0, 0.05) is 11.4 Å². The lowest BCUT2D eigenvalue weighted by atomic mass is 9.78. The van der Waals surface area contributed by atoms with Gasteiger partial charge in [0.1, 0.15) is 12.1 Å². The van der Waals surface area contributed by atoms with Crippen molar-refractivity contribution in [2.45, 2.75) is 63.5 Å². The molecule has 0 aromatic heterocycles. The molecular weight excluding hydrogens is 412 g/mol. The van der Waals surface area contributed by atoms with E-state index in [1.165, 1.54) is 0 Å². The molecule has 4 N–H and O–H groups in total. The quantitative estimate of drug-likeness (QED) is 0.443. The van der Waals surface area contributed by atoms with Gasteiger partial charge in [0.15, 0.2) is 0 Å². The Morgan fingerprint density at radius 3 is 2.17 bits per heavy atom. The zero-order valence-electron chi connectivity index (χ0n) is 17.0. The van der Waals surface area contributed by atoms with Crippen molar-refractivity contribution < 1.29 is 29.4 Å². The molecule has 0 aliphatic heterocycles. The van der Waals surface area contributed by atoms with E-state index in [4.69, 9.17) is 16.7 Å². The maximum atomic E-state index is 13.0. The number of benzene rings is 1. The predicted octanol–water partition coefficient (Wildman–Crippen LogP) is 2.34. The molecule has 30 heavy (non-hydrogen) atoms. The van der Waals surface area contributed by atoms with Crippen LogP contribution in [0.5, 0.6) is 0 Å². The number of carbonyl (C=O) groups is 4. The highest BCUT2D eigenvalue weighted by Crippen LogP contribution is 2.31. The predicted molar refractivity (Wildman–Crippen MR) is 110 cm³/mol. The molecule has 2 rings (SSSR count). The van der Waals surface area contributed by atoms with Crippen LogP contribution in [0.1, 0.15) is 51.5 Å². The normalized spacial score (nSPS) is 16.1. The Kier molecular flexibility index (Phi) is 7.83. The van der Waals surface area contributed by atoms with Crippen LogP contribution >= 0.6 is 11.6 Å². The number of rotatable bonds is 10. The molecule has 1 aliphatic carbocycles. The third kappa shape index (κ3) is 5.95. The number of nitrogens with one attached hydrogen (secondary N) is 2. The van der Waals surface area contributed by atoms with E-state index >= 15 is 0 Å². The first-order chi connectivity index (χ1) is 14.0. The summed E-state index contributed by atoms with van der Waals surface area (Å²) in [7, 11) is 0. The molecule has 164 valence electrons. The Morgan fingerprint density at radius 1 is 1.10 bits per heavy atom. The maximum absolute atomic E-state index is 13.0. The van der Waals surface area contributed by atoms with E-state index in [0.717, 1.165) is 24.8 Å². The third-order valence-corrected chi connectivity index (χ3v) is 5.84. The molecule has 0 spiro atoms. The molecule has 2 atom stereocenters. The van der Waals surface area contributed by atoms with Crippen molar-refractivity contribution in [3.8, 4) is 0 Å². The van der Waals surface area contributed by atoms with Crippen molar-refractivity contribution in [2.24, 2.45) is 5.92 Å². The van der Waals surface area contributed by atoms with Gasteiger partial charge in [0.2, 0.25) is 11.8 Å². The first-order valence-corrected chi connectivity index (χ1v) is 10.2. The van der Waals surface area contributed by atoms with Crippen molar-refractivity contribution >= 4 is 35.4 Å². The summed E-state index contributed by atoms with van der Waals surface area (Å²) in [5.74, 6) is -3.54. The van der Waals surface area contributed by atoms with Crippen molar-refractivity contribution in [3.63, 3.8) is 0 Å². The molecule has 1 aromatic carbocycles. The lowest BCUT2D eigenvalue weighted by molar-refractivity contribution is -0.144. The van der Waals surface area contributed by atoms with Gasteiger partial charge in [-0.3, -0.25) is 14.4 Å². The molecule has 9 heteroatoms. The topological polar surface area (TPSA) is 133 Å². The summed E-state index contributed by atoms with van der Waals surface area (Å²) in [4.78, 5) is 48.0. The number of carbonyl (C=O) groups excluding carboxylic acids is 2. The third-order valence-electron chi connectivity index (χ3n) is 5.59. The van der Waals surface area contributed by atoms with Crippen LogP contribution in [0.4, 0.5) is 0 Å². The summed E-state index contributed by atoms with van der Waals surface area (Å²) < 4.78 is 0. The molecule has 0 unspecified atom stereocenters. The van der Waals surface area contributed by atoms with Gasteiger partial charge in [0.05, 0.1) is 5.41 Å². The smallest absolute Gasteiger partial charge is 0.326 e. The summed E-state index contributed by atoms with van der Waals surface area (Å²) in [6, 6.07) is 4.63. The van der Waals surface area contributed by atoms with Gasteiger partial charge in [-0.1, -0.05) is 30.2 Å². The number of aliphatic carboxylic acids is 2. The Balaban J connectivity index is 2.13. The number of hydrogen-bond donors (Lipinski definition) is 4.